The van der Waals surface area contributed by atoms with Gasteiger partial charge in [0.05, 0.1) is 0 Å². The summed E-state index contributed by atoms with van der Waals surface area (Å²) >= 11 is 0. The third-order valence-electron chi connectivity index (χ3n) is 5.26. The van der Waals surface area contributed by atoms with Crippen molar-refractivity contribution in [2.24, 2.45) is 0 Å². The van der Waals surface area contributed by atoms with Crippen LogP contribution in [-0.4, -0.2) is 22.2 Å². The Morgan fingerprint density at radius 3 is 1.32 bits per heavy atom. The van der Waals surface area contributed by atoms with E-state index < -0.39 is 11.9 Å². The molecule has 0 aliphatic carbocycles. The highest BCUT2D eigenvalue weighted by atomic mass is 16.4. The molecule has 0 radical (unpaired) electrons. The molecule has 0 heterocycles. The molecule has 2 N–H and O–H groups in total. The largest absolute Gasteiger partial charge is 0.478 e. The predicted molar refractivity (Wildman–Crippen MR) is 130 cm³/mol. The fraction of sp³-hybridized carbons (Fsp3) is 0.630. The minimum absolute atomic E-state index is 0.466. The van der Waals surface area contributed by atoms with E-state index in [0.717, 1.165) is 57.8 Å². The van der Waals surface area contributed by atoms with Crippen LogP contribution in [0.4, 0.5) is 0 Å². The maximum absolute atomic E-state index is 11.4. The molecule has 0 spiro atoms. The number of carbonyl (C=O) groups is 2. The van der Waals surface area contributed by atoms with E-state index in [2.05, 4.69) is 13.8 Å². The van der Waals surface area contributed by atoms with E-state index in [1.165, 1.54) is 25.7 Å². The molecule has 0 aromatic heterocycles. The Labute approximate surface area is 189 Å². The summed E-state index contributed by atoms with van der Waals surface area (Å²) < 4.78 is 0. The normalized spacial score (nSPS) is 12.8. The molecule has 176 valence electrons. The lowest BCUT2D eigenvalue weighted by molar-refractivity contribution is -0.133. The molecular formula is C27H44O4. The highest BCUT2D eigenvalue weighted by Crippen LogP contribution is 2.15. The molecule has 0 saturated carbocycles. The van der Waals surface area contributed by atoms with Gasteiger partial charge in [-0.05, 0) is 51.4 Å². The van der Waals surface area contributed by atoms with Crippen LogP contribution in [0.25, 0.3) is 0 Å². The molecule has 31 heavy (non-hydrogen) atoms. The fourth-order valence-corrected chi connectivity index (χ4v) is 3.27. The van der Waals surface area contributed by atoms with Crippen LogP contribution in [0.2, 0.25) is 0 Å². The molecule has 0 atom stereocenters. The topological polar surface area (TPSA) is 74.6 Å². The van der Waals surface area contributed by atoms with Crippen molar-refractivity contribution in [1.29, 1.82) is 0 Å². The Kier molecular flexibility index (Phi) is 19.7. The summed E-state index contributed by atoms with van der Waals surface area (Å²) in [5, 5.41) is 18.7. The molecule has 0 bridgehead atoms. The van der Waals surface area contributed by atoms with E-state index in [1.807, 2.05) is 24.3 Å². The molecule has 4 nitrogen and oxygen atoms in total. The second kappa shape index (κ2) is 21.1. The first-order chi connectivity index (χ1) is 15.0. The van der Waals surface area contributed by atoms with E-state index in [-0.39, 0.29) is 0 Å². The number of carboxylic acids is 2. The van der Waals surface area contributed by atoms with Crippen molar-refractivity contribution in [3.63, 3.8) is 0 Å². The average molecular weight is 433 g/mol. The van der Waals surface area contributed by atoms with Crippen molar-refractivity contribution in [2.45, 2.75) is 110 Å². The van der Waals surface area contributed by atoms with Crippen molar-refractivity contribution in [2.75, 3.05) is 0 Å². The first-order valence-electron chi connectivity index (χ1n) is 12.2. The maximum Gasteiger partial charge on any atom is 0.331 e. The van der Waals surface area contributed by atoms with Gasteiger partial charge in [-0.1, -0.05) is 95.2 Å². The number of hydrogen-bond acceptors (Lipinski definition) is 2. The minimum atomic E-state index is -0.836. The third kappa shape index (κ3) is 18.4. The van der Waals surface area contributed by atoms with Gasteiger partial charge in [0.1, 0.15) is 0 Å². The first kappa shape index (κ1) is 28.9. The molecular weight excluding hydrogens is 388 g/mol. The Bertz CT molecular complexity index is 544. The van der Waals surface area contributed by atoms with Crippen LogP contribution in [0.15, 0.2) is 47.6 Å². The van der Waals surface area contributed by atoms with E-state index >= 15 is 0 Å². The predicted octanol–water partition coefficient (Wildman–Crippen LogP) is 8.01. The first-order valence-corrected chi connectivity index (χ1v) is 12.2. The van der Waals surface area contributed by atoms with Gasteiger partial charge in [-0.2, -0.15) is 0 Å². The number of carboxylic acid groups (broad SMARTS) is 2. The smallest absolute Gasteiger partial charge is 0.331 e. The molecule has 0 fully saturated rings. The molecule has 0 saturated heterocycles. The summed E-state index contributed by atoms with van der Waals surface area (Å²) in [5.74, 6) is -1.67. The van der Waals surface area contributed by atoms with Gasteiger partial charge in [-0.15, -0.1) is 0 Å². The van der Waals surface area contributed by atoms with Crippen molar-refractivity contribution in [3.8, 4) is 0 Å². The van der Waals surface area contributed by atoms with Gasteiger partial charge in [0.15, 0.2) is 0 Å². The van der Waals surface area contributed by atoms with Gasteiger partial charge < -0.3 is 10.2 Å². The molecule has 4 heteroatoms. The summed E-state index contributed by atoms with van der Waals surface area (Å²) in [5.41, 5.74) is 0.933. The monoisotopic (exact) mass is 432 g/mol. The van der Waals surface area contributed by atoms with Crippen molar-refractivity contribution in [3.05, 3.63) is 47.6 Å². The third-order valence-corrected chi connectivity index (χ3v) is 5.26. The Morgan fingerprint density at radius 1 is 0.581 bits per heavy atom. The highest BCUT2D eigenvalue weighted by Gasteiger charge is 2.07. The second-order valence-corrected chi connectivity index (χ2v) is 8.11. The molecule has 0 rings (SSSR count). The Hall–Kier alpha value is -2.10. The summed E-state index contributed by atoms with van der Waals surface area (Å²) in [6.45, 7) is 4.34. The van der Waals surface area contributed by atoms with E-state index in [1.54, 1.807) is 12.2 Å². The zero-order valence-corrected chi connectivity index (χ0v) is 19.8. The molecule has 0 aromatic rings. The molecule has 0 aliphatic rings. The van der Waals surface area contributed by atoms with Crippen LogP contribution >= 0.6 is 0 Å². The molecule has 0 unspecified atom stereocenters. The quantitative estimate of drug-likeness (QED) is 0.116. The van der Waals surface area contributed by atoms with E-state index in [9.17, 15) is 19.8 Å². The van der Waals surface area contributed by atoms with Gasteiger partial charge in [-0.3, -0.25) is 0 Å². The summed E-state index contributed by atoms with van der Waals surface area (Å²) in [6, 6.07) is 0. The summed E-state index contributed by atoms with van der Waals surface area (Å²) in [6.07, 6.45) is 26.2. The Morgan fingerprint density at radius 2 is 0.968 bits per heavy atom. The average Bonchev–Trinajstić information content (AvgIpc) is 2.74. The summed E-state index contributed by atoms with van der Waals surface area (Å²) in [7, 11) is 0. The van der Waals surface area contributed by atoms with Gasteiger partial charge in [0, 0.05) is 11.1 Å². The van der Waals surface area contributed by atoms with Gasteiger partial charge in [-0.25, -0.2) is 9.59 Å². The number of allylic oxidation sites excluding steroid dienone is 6. The lowest BCUT2D eigenvalue weighted by Crippen LogP contribution is -2.01. The van der Waals surface area contributed by atoms with Crippen LogP contribution < -0.4 is 0 Å². The van der Waals surface area contributed by atoms with Crippen LogP contribution in [0.5, 0.6) is 0 Å². The minimum Gasteiger partial charge on any atom is -0.478 e. The second-order valence-electron chi connectivity index (χ2n) is 8.11. The van der Waals surface area contributed by atoms with Crippen LogP contribution in [-0.2, 0) is 9.59 Å². The van der Waals surface area contributed by atoms with Crippen molar-refractivity contribution in [1.82, 2.24) is 0 Å². The van der Waals surface area contributed by atoms with Gasteiger partial charge in [0.2, 0.25) is 0 Å². The van der Waals surface area contributed by atoms with Crippen molar-refractivity contribution < 1.29 is 19.8 Å². The fourth-order valence-electron chi connectivity index (χ4n) is 3.27. The summed E-state index contributed by atoms with van der Waals surface area (Å²) in [4.78, 5) is 22.7. The Balaban J connectivity index is 4.10. The zero-order chi connectivity index (χ0) is 23.2. The maximum atomic E-state index is 11.4. The van der Waals surface area contributed by atoms with E-state index in [4.69, 9.17) is 0 Å². The SMILES string of the molecule is CCCCC/C=C/C=C(\CCCCCCC/C(=C\C=C\CCCCC)C(=O)O)C(=O)O. The number of aliphatic carboxylic acids is 2. The van der Waals surface area contributed by atoms with E-state index in [0.29, 0.717) is 24.0 Å². The lowest BCUT2D eigenvalue weighted by atomic mass is 10.0. The zero-order valence-electron chi connectivity index (χ0n) is 19.8. The molecule has 0 amide bonds. The van der Waals surface area contributed by atoms with Crippen LogP contribution in [0.3, 0.4) is 0 Å². The van der Waals surface area contributed by atoms with Crippen LogP contribution in [0.1, 0.15) is 110 Å². The molecule has 0 aromatic carbocycles. The highest BCUT2D eigenvalue weighted by molar-refractivity contribution is 5.87. The number of hydrogen-bond donors (Lipinski definition) is 2. The molecule has 0 aliphatic heterocycles. The lowest BCUT2D eigenvalue weighted by Gasteiger charge is -2.04. The van der Waals surface area contributed by atoms with Gasteiger partial charge in [0.25, 0.3) is 0 Å². The number of rotatable bonds is 20. The van der Waals surface area contributed by atoms with Crippen molar-refractivity contribution >= 4 is 11.9 Å². The standard InChI is InChI=1S/C27H44O4/c1-3-5-7-9-12-16-20-24(26(28)29)22-18-14-11-15-19-23-25(27(30)31)21-17-13-10-8-6-4-2/h12-13,16-17,20-21H,3-11,14-15,18-19,22-23H2,1-2H3,(H,28,29)(H,30,31)/b16-12+,17-13+,24-20+,25-21+. The van der Waals surface area contributed by atoms with Crippen LogP contribution in [0, 0.1) is 0 Å². The number of unbranched alkanes of at least 4 members (excludes halogenated alkanes) is 10. The van der Waals surface area contributed by atoms with Gasteiger partial charge >= 0.3 is 11.9 Å².